The Morgan fingerprint density at radius 1 is 1.09 bits per heavy atom. The molecule has 2 unspecified atom stereocenters. The van der Waals surface area contributed by atoms with Gasteiger partial charge >= 0.3 is 0 Å². The number of likely N-dealkylation sites (tertiary alicyclic amines) is 1. The number of carbonyl (C=O) groups is 3. The molecular formula is C35H51N3O5. The number of benzene rings is 1. The lowest BCUT2D eigenvalue weighted by Crippen LogP contribution is -2.60. The molecule has 3 aliphatic rings. The lowest BCUT2D eigenvalue weighted by atomic mass is 9.64. The van der Waals surface area contributed by atoms with Crippen LogP contribution in [-0.4, -0.2) is 87.1 Å². The molecule has 3 amide bonds. The maximum atomic E-state index is 14.8. The maximum Gasteiger partial charge on any atom is 0.248 e. The smallest absolute Gasteiger partial charge is 0.248 e. The first-order valence-corrected chi connectivity index (χ1v) is 16.2. The number of aliphatic hydroxyl groups is 1. The number of rotatable bonds is 16. The third-order valence-corrected chi connectivity index (χ3v) is 10.3. The predicted molar refractivity (Wildman–Crippen MR) is 168 cm³/mol. The largest absolute Gasteiger partial charge is 0.394 e. The second kappa shape index (κ2) is 13.8. The minimum Gasteiger partial charge on any atom is -0.394 e. The van der Waals surface area contributed by atoms with Gasteiger partial charge in [-0.3, -0.25) is 14.4 Å². The van der Waals surface area contributed by atoms with Crippen LogP contribution in [0.2, 0.25) is 0 Å². The average Bonchev–Trinajstić information content (AvgIpc) is 3.63. The minimum absolute atomic E-state index is 0.0511. The van der Waals surface area contributed by atoms with Gasteiger partial charge in [0.25, 0.3) is 0 Å². The van der Waals surface area contributed by atoms with Crippen LogP contribution in [0.3, 0.4) is 0 Å². The SMILES string of the molecule is C=CCN(CCCC)C(=O)C1N([C@@H](CO)[C@@H](C)CC)C(=O)[C@@H]2[C@@H](C(=O)N(CC=C)Cc3ccccc3)[C@@]3(CC)CCC12O3. The fraction of sp³-hybridized carbons (Fsp3) is 0.629. The van der Waals surface area contributed by atoms with Crippen LogP contribution >= 0.6 is 0 Å². The van der Waals surface area contributed by atoms with Crippen molar-refractivity contribution >= 4 is 17.7 Å². The number of nitrogens with zero attached hydrogens (tertiary/aromatic N) is 3. The molecule has 3 fully saturated rings. The molecular weight excluding hydrogens is 542 g/mol. The molecule has 236 valence electrons. The van der Waals surface area contributed by atoms with Gasteiger partial charge in [-0.2, -0.15) is 0 Å². The summed E-state index contributed by atoms with van der Waals surface area (Å²) < 4.78 is 7.02. The minimum atomic E-state index is -1.14. The molecule has 1 aromatic rings. The first-order valence-electron chi connectivity index (χ1n) is 16.2. The lowest BCUT2D eigenvalue weighted by Gasteiger charge is -2.41. The number of hydrogen-bond donors (Lipinski definition) is 1. The van der Waals surface area contributed by atoms with Crippen LogP contribution in [0.1, 0.15) is 71.8 Å². The van der Waals surface area contributed by atoms with E-state index >= 15 is 0 Å². The van der Waals surface area contributed by atoms with Crippen molar-refractivity contribution in [2.75, 3.05) is 26.2 Å². The van der Waals surface area contributed by atoms with Gasteiger partial charge in [-0.1, -0.05) is 83.0 Å². The molecule has 3 heterocycles. The second-order valence-corrected chi connectivity index (χ2v) is 12.6. The highest BCUT2D eigenvalue weighted by Crippen LogP contribution is 2.65. The Hall–Kier alpha value is -2.97. The molecule has 0 aliphatic carbocycles. The third kappa shape index (κ3) is 5.68. The van der Waals surface area contributed by atoms with Gasteiger partial charge in [0.15, 0.2) is 0 Å². The van der Waals surface area contributed by atoms with E-state index in [4.69, 9.17) is 4.74 Å². The molecule has 8 nitrogen and oxygen atoms in total. The summed E-state index contributed by atoms with van der Waals surface area (Å²) in [6, 6.07) is 8.32. The van der Waals surface area contributed by atoms with E-state index in [0.717, 1.165) is 24.8 Å². The Labute approximate surface area is 257 Å². The first-order chi connectivity index (χ1) is 20.7. The molecule has 1 aromatic carbocycles. The number of amides is 3. The Morgan fingerprint density at radius 2 is 1.77 bits per heavy atom. The van der Waals surface area contributed by atoms with Crippen molar-refractivity contribution in [2.24, 2.45) is 17.8 Å². The van der Waals surface area contributed by atoms with E-state index in [1.165, 1.54) is 0 Å². The summed E-state index contributed by atoms with van der Waals surface area (Å²) in [5.74, 6) is -2.17. The van der Waals surface area contributed by atoms with Gasteiger partial charge in [0.2, 0.25) is 17.7 Å². The van der Waals surface area contributed by atoms with Crippen molar-refractivity contribution in [3.8, 4) is 0 Å². The Bertz CT molecular complexity index is 1170. The standard InChI is InChI=1S/C35H51N3O5/c1-7-12-22-36(20-8-2)33(42)30-35-19-18-34(11-5,43-35)28(29(35)32(41)38(30)27(24-39)25(6)10-4)31(40)37(21-9-3)23-26-16-14-13-15-17-26/h8-9,13-17,25,27-30,39H,2-3,7,10-12,18-24H2,1,4-6H3/t25-,27-,28-,29-,30?,34+,35?/m0/s1. The number of aliphatic hydroxyl groups excluding tert-OH is 1. The fourth-order valence-electron chi connectivity index (χ4n) is 7.84. The topological polar surface area (TPSA) is 90.4 Å². The molecule has 43 heavy (non-hydrogen) atoms. The predicted octanol–water partition coefficient (Wildman–Crippen LogP) is 4.58. The monoisotopic (exact) mass is 593 g/mol. The van der Waals surface area contributed by atoms with Gasteiger partial charge in [0.05, 0.1) is 30.1 Å². The summed E-state index contributed by atoms with van der Waals surface area (Å²) in [7, 11) is 0. The molecule has 0 radical (unpaired) electrons. The maximum absolute atomic E-state index is 14.8. The summed E-state index contributed by atoms with van der Waals surface area (Å²) in [5.41, 5.74) is -0.984. The summed E-state index contributed by atoms with van der Waals surface area (Å²) >= 11 is 0. The van der Waals surface area contributed by atoms with E-state index < -0.39 is 35.1 Å². The third-order valence-electron chi connectivity index (χ3n) is 10.3. The van der Waals surface area contributed by atoms with Crippen molar-refractivity contribution in [1.82, 2.24) is 14.7 Å². The van der Waals surface area contributed by atoms with Crippen LogP contribution in [0.4, 0.5) is 0 Å². The number of ether oxygens (including phenoxy) is 1. The highest BCUT2D eigenvalue weighted by molar-refractivity contribution is 5.99. The van der Waals surface area contributed by atoms with Crippen LogP contribution in [0, 0.1) is 17.8 Å². The zero-order valence-corrected chi connectivity index (χ0v) is 26.5. The zero-order valence-electron chi connectivity index (χ0n) is 26.5. The summed E-state index contributed by atoms with van der Waals surface area (Å²) in [6.45, 7) is 17.2. The van der Waals surface area contributed by atoms with Crippen LogP contribution in [0.5, 0.6) is 0 Å². The van der Waals surface area contributed by atoms with Crippen LogP contribution in [-0.2, 0) is 25.7 Å². The average molecular weight is 594 g/mol. The normalized spacial score (nSPS) is 28.8. The Kier molecular flexibility index (Phi) is 10.5. The molecule has 1 spiro atoms. The van der Waals surface area contributed by atoms with Crippen molar-refractivity contribution in [2.45, 2.75) is 96.1 Å². The van der Waals surface area contributed by atoms with Gasteiger partial charge in [-0.05, 0) is 37.2 Å². The van der Waals surface area contributed by atoms with Crippen molar-refractivity contribution in [1.29, 1.82) is 0 Å². The quantitative estimate of drug-likeness (QED) is 0.284. The first kappa shape index (κ1) is 32.9. The van der Waals surface area contributed by atoms with Crippen LogP contribution in [0.15, 0.2) is 55.6 Å². The van der Waals surface area contributed by atoms with E-state index in [-0.39, 0.29) is 30.2 Å². The molecule has 1 N–H and O–H groups in total. The van der Waals surface area contributed by atoms with Crippen molar-refractivity contribution in [3.05, 3.63) is 61.2 Å². The zero-order chi connectivity index (χ0) is 31.4. The molecule has 0 saturated carbocycles. The van der Waals surface area contributed by atoms with Gasteiger partial charge < -0.3 is 24.5 Å². The van der Waals surface area contributed by atoms with Crippen LogP contribution < -0.4 is 0 Å². The van der Waals surface area contributed by atoms with Gasteiger partial charge in [0.1, 0.15) is 11.6 Å². The van der Waals surface area contributed by atoms with Crippen LogP contribution in [0.25, 0.3) is 0 Å². The van der Waals surface area contributed by atoms with E-state index in [0.29, 0.717) is 45.4 Å². The molecule has 3 saturated heterocycles. The molecule has 4 rings (SSSR count). The number of unbranched alkanes of at least 4 members (excludes halogenated alkanes) is 1. The van der Waals surface area contributed by atoms with Crippen molar-refractivity contribution < 1.29 is 24.2 Å². The number of carbonyl (C=O) groups excluding carboxylic acids is 3. The summed E-state index contributed by atoms with van der Waals surface area (Å²) in [4.78, 5) is 49.2. The van der Waals surface area contributed by atoms with Crippen molar-refractivity contribution in [3.63, 3.8) is 0 Å². The fourth-order valence-corrected chi connectivity index (χ4v) is 7.84. The van der Waals surface area contributed by atoms with E-state index in [2.05, 4.69) is 20.1 Å². The summed E-state index contributed by atoms with van der Waals surface area (Å²) in [5, 5.41) is 10.7. The lowest BCUT2D eigenvalue weighted by molar-refractivity contribution is -0.159. The highest BCUT2D eigenvalue weighted by Gasteiger charge is 2.79. The Balaban J connectivity index is 1.83. The second-order valence-electron chi connectivity index (χ2n) is 12.6. The van der Waals surface area contributed by atoms with Gasteiger partial charge in [0, 0.05) is 26.2 Å². The van der Waals surface area contributed by atoms with E-state index in [1.807, 2.05) is 51.1 Å². The van der Waals surface area contributed by atoms with E-state index in [9.17, 15) is 19.5 Å². The van der Waals surface area contributed by atoms with E-state index in [1.54, 1.807) is 26.9 Å². The van der Waals surface area contributed by atoms with Gasteiger partial charge in [-0.25, -0.2) is 0 Å². The molecule has 0 aromatic heterocycles. The Morgan fingerprint density at radius 3 is 2.35 bits per heavy atom. The molecule has 7 atom stereocenters. The molecule has 3 aliphatic heterocycles. The highest BCUT2D eigenvalue weighted by atomic mass is 16.5. The van der Waals surface area contributed by atoms with Gasteiger partial charge in [-0.15, -0.1) is 13.2 Å². The molecule has 2 bridgehead atoms. The number of hydrogen-bond acceptors (Lipinski definition) is 5. The summed E-state index contributed by atoms with van der Waals surface area (Å²) in [6.07, 6.45) is 7.56. The molecule has 8 heteroatoms. The number of fused-ring (bicyclic) bond motifs is 1.